The molecule has 1 heteroatoms. The molecule has 0 amide bonds. The quantitative estimate of drug-likeness (QED) is 0.210. The number of benzene rings is 6. The molecule has 7 aromatic rings. The molecule has 0 aliphatic rings. The summed E-state index contributed by atoms with van der Waals surface area (Å²) in [6, 6.07) is 40.0. The zero-order chi connectivity index (χ0) is 25.6. The van der Waals surface area contributed by atoms with Gasteiger partial charge in [0.25, 0.3) is 0 Å². The smallest absolute Gasteiger partial charge is 0.0361 e. The largest absolute Gasteiger partial charge is 0.135 e. The van der Waals surface area contributed by atoms with E-state index in [1.54, 1.807) is 0 Å². The number of fused-ring (bicyclic) bond motifs is 7. The Morgan fingerprint density at radius 3 is 1.82 bits per heavy atom. The van der Waals surface area contributed by atoms with Crippen LogP contribution in [-0.2, 0) is 0 Å². The number of hydrogen-bond acceptors (Lipinski definition) is 1. The van der Waals surface area contributed by atoms with Crippen LogP contribution in [0.25, 0.3) is 76.8 Å². The molecule has 0 nitrogen and oxygen atoms in total. The predicted octanol–water partition coefficient (Wildman–Crippen LogP) is 11.4. The summed E-state index contributed by atoms with van der Waals surface area (Å²) in [5, 5.41) is 9.11. The maximum absolute atomic E-state index is 4.09. The van der Waals surface area contributed by atoms with Crippen molar-refractivity contribution in [1.29, 1.82) is 0 Å². The van der Waals surface area contributed by atoms with E-state index >= 15 is 0 Å². The van der Waals surface area contributed by atoms with Crippen LogP contribution in [0, 0.1) is 0 Å². The van der Waals surface area contributed by atoms with Crippen LogP contribution in [-0.4, -0.2) is 0 Å². The molecule has 7 rings (SSSR count). The zero-order valence-electron chi connectivity index (χ0n) is 21.2. The van der Waals surface area contributed by atoms with E-state index in [0.717, 1.165) is 0 Å². The summed E-state index contributed by atoms with van der Waals surface area (Å²) < 4.78 is 1.29. The molecule has 0 atom stereocenters. The second kappa shape index (κ2) is 9.13. The SMILES string of the molecule is C=Cc1sc2cccc(-c3ccccc3-c3ccc4c5ccccc5c5ccccc5c4c3)c2c1/C=C\C. The molecular weight excluding hydrogens is 476 g/mol. The van der Waals surface area contributed by atoms with Crippen molar-refractivity contribution in [3.8, 4) is 22.3 Å². The van der Waals surface area contributed by atoms with E-state index in [1.807, 2.05) is 17.4 Å². The van der Waals surface area contributed by atoms with Gasteiger partial charge in [-0.25, -0.2) is 0 Å². The summed E-state index contributed by atoms with van der Waals surface area (Å²) >= 11 is 1.81. The molecule has 38 heavy (non-hydrogen) atoms. The van der Waals surface area contributed by atoms with Crippen LogP contribution in [0.3, 0.4) is 0 Å². The van der Waals surface area contributed by atoms with Gasteiger partial charge in [-0.3, -0.25) is 0 Å². The maximum Gasteiger partial charge on any atom is 0.0361 e. The summed E-state index contributed by atoms with van der Waals surface area (Å²) in [7, 11) is 0. The normalized spacial score (nSPS) is 11.8. The summed E-state index contributed by atoms with van der Waals surface area (Å²) in [5.74, 6) is 0. The van der Waals surface area contributed by atoms with Crippen molar-refractivity contribution in [2.45, 2.75) is 6.92 Å². The van der Waals surface area contributed by atoms with Gasteiger partial charge in [0.15, 0.2) is 0 Å². The fourth-order valence-corrected chi connectivity index (χ4v) is 7.01. The lowest BCUT2D eigenvalue weighted by Crippen LogP contribution is -1.88. The Bertz CT molecular complexity index is 2020. The Balaban J connectivity index is 1.53. The minimum atomic E-state index is 1.21. The van der Waals surface area contributed by atoms with Gasteiger partial charge in [-0.05, 0) is 73.6 Å². The molecule has 0 radical (unpaired) electrons. The molecule has 6 aromatic carbocycles. The number of rotatable bonds is 4. The first kappa shape index (κ1) is 22.7. The van der Waals surface area contributed by atoms with Crippen molar-refractivity contribution in [3.05, 3.63) is 132 Å². The molecule has 0 bridgehead atoms. The number of hydrogen-bond donors (Lipinski definition) is 0. The zero-order valence-corrected chi connectivity index (χ0v) is 22.1. The van der Waals surface area contributed by atoms with Gasteiger partial charge in [-0.15, -0.1) is 11.3 Å². The summed E-state index contributed by atoms with van der Waals surface area (Å²) in [6.07, 6.45) is 6.32. The Labute approximate surface area is 226 Å². The topological polar surface area (TPSA) is 0 Å². The van der Waals surface area contributed by atoms with Crippen molar-refractivity contribution in [2.75, 3.05) is 0 Å². The Morgan fingerprint density at radius 2 is 1.16 bits per heavy atom. The molecule has 0 unspecified atom stereocenters. The summed E-state index contributed by atoms with van der Waals surface area (Å²) in [4.78, 5) is 1.21. The third-order valence-corrected chi connectivity index (χ3v) is 8.74. The summed E-state index contributed by atoms with van der Waals surface area (Å²) in [5.41, 5.74) is 6.25. The average molecular weight is 503 g/mol. The maximum atomic E-state index is 4.09. The Hall–Kier alpha value is -4.46. The van der Waals surface area contributed by atoms with E-state index in [0.29, 0.717) is 0 Å². The van der Waals surface area contributed by atoms with Gasteiger partial charge in [0.05, 0.1) is 0 Å². The van der Waals surface area contributed by atoms with Gasteiger partial charge in [0.2, 0.25) is 0 Å². The highest BCUT2D eigenvalue weighted by Gasteiger charge is 2.16. The number of thiophene rings is 1. The molecule has 180 valence electrons. The molecule has 1 heterocycles. The molecular formula is C37H26S. The van der Waals surface area contributed by atoms with Gasteiger partial charge in [0.1, 0.15) is 0 Å². The summed E-state index contributed by atoms with van der Waals surface area (Å²) in [6.45, 7) is 6.17. The van der Waals surface area contributed by atoms with E-state index in [2.05, 4.69) is 135 Å². The molecule has 0 saturated heterocycles. The lowest BCUT2D eigenvalue weighted by Gasteiger charge is -2.15. The molecule has 0 N–H and O–H groups in total. The first-order valence-corrected chi connectivity index (χ1v) is 13.8. The molecule has 1 aromatic heterocycles. The van der Waals surface area contributed by atoms with Gasteiger partial charge in [-0.2, -0.15) is 0 Å². The lowest BCUT2D eigenvalue weighted by atomic mass is 9.88. The van der Waals surface area contributed by atoms with E-state index in [9.17, 15) is 0 Å². The highest BCUT2D eigenvalue weighted by Crippen LogP contribution is 2.44. The first-order valence-electron chi connectivity index (χ1n) is 13.0. The van der Waals surface area contributed by atoms with Crippen LogP contribution < -0.4 is 0 Å². The van der Waals surface area contributed by atoms with Crippen molar-refractivity contribution in [2.24, 2.45) is 0 Å². The minimum Gasteiger partial charge on any atom is -0.135 e. The third kappa shape index (κ3) is 3.44. The average Bonchev–Trinajstić information content (AvgIpc) is 3.35. The molecule has 0 fully saturated rings. The van der Waals surface area contributed by atoms with Crippen LogP contribution in [0.2, 0.25) is 0 Å². The fourth-order valence-electron chi connectivity index (χ4n) is 5.94. The minimum absolute atomic E-state index is 1.21. The molecule has 0 spiro atoms. The first-order chi connectivity index (χ1) is 18.8. The van der Waals surface area contributed by atoms with Gasteiger partial charge in [0, 0.05) is 20.5 Å². The van der Waals surface area contributed by atoms with Crippen LogP contribution in [0.1, 0.15) is 17.4 Å². The van der Waals surface area contributed by atoms with Crippen LogP contribution >= 0.6 is 11.3 Å². The van der Waals surface area contributed by atoms with Crippen molar-refractivity contribution < 1.29 is 0 Å². The molecule has 0 aliphatic carbocycles. The van der Waals surface area contributed by atoms with Crippen molar-refractivity contribution >= 4 is 65.9 Å². The lowest BCUT2D eigenvalue weighted by molar-refractivity contribution is 1.62. The Kier molecular flexibility index (Phi) is 5.46. The third-order valence-electron chi connectivity index (χ3n) is 7.57. The van der Waals surface area contributed by atoms with Crippen molar-refractivity contribution in [3.63, 3.8) is 0 Å². The van der Waals surface area contributed by atoms with Crippen LogP contribution in [0.15, 0.2) is 122 Å². The molecule has 0 aliphatic heterocycles. The standard InChI is InChI=1S/C37H26S/c1-3-12-33-35(4-2)38-36-20-11-19-32(37(33)36)26-14-6-5-13-25(26)24-21-22-31-29-17-8-7-15-27(29)28-16-9-10-18-30(28)34(31)23-24/h3-23H,2H2,1H3/b12-3-. The van der Waals surface area contributed by atoms with Gasteiger partial charge >= 0.3 is 0 Å². The monoisotopic (exact) mass is 502 g/mol. The van der Waals surface area contributed by atoms with E-state index in [4.69, 9.17) is 0 Å². The predicted molar refractivity (Wildman–Crippen MR) is 170 cm³/mol. The van der Waals surface area contributed by atoms with E-state index in [-0.39, 0.29) is 0 Å². The van der Waals surface area contributed by atoms with Gasteiger partial charge in [-0.1, -0.05) is 122 Å². The fraction of sp³-hybridized carbons (Fsp3) is 0.0270. The van der Waals surface area contributed by atoms with Crippen molar-refractivity contribution in [1.82, 2.24) is 0 Å². The Morgan fingerprint density at radius 1 is 0.579 bits per heavy atom. The van der Waals surface area contributed by atoms with E-state index in [1.165, 1.54) is 75.1 Å². The number of allylic oxidation sites excluding steroid dienone is 1. The van der Waals surface area contributed by atoms with Crippen LogP contribution in [0.5, 0.6) is 0 Å². The molecule has 0 saturated carbocycles. The van der Waals surface area contributed by atoms with Crippen LogP contribution in [0.4, 0.5) is 0 Å². The highest BCUT2D eigenvalue weighted by atomic mass is 32.1. The van der Waals surface area contributed by atoms with Gasteiger partial charge < -0.3 is 0 Å². The second-order valence-corrected chi connectivity index (χ2v) is 10.7. The highest BCUT2D eigenvalue weighted by molar-refractivity contribution is 7.20. The second-order valence-electron chi connectivity index (χ2n) is 9.66. The van der Waals surface area contributed by atoms with E-state index < -0.39 is 0 Å².